The van der Waals surface area contributed by atoms with Gasteiger partial charge in [-0.2, -0.15) is 0 Å². The summed E-state index contributed by atoms with van der Waals surface area (Å²) in [6.07, 6.45) is 0.136. The molecule has 0 unspecified atom stereocenters. The molecule has 82 valence electrons. The zero-order valence-electron chi connectivity index (χ0n) is 7.60. The van der Waals surface area contributed by atoms with Gasteiger partial charge in [-0.3, -0.25) is 0 Å². The van der Waals surface area contributed by atoms with E-state index in [1.165, 1.54) is 13.1 Å². The maximum Gasteiger partial charge on any atom is 0.411 e. The Morgan fingerprint density at radius 1 is 1.60 bits per heavy atom. The van der Waals surface area contributed by atoms with Gasteiger partial charge in [-0.15, -0.1) is 0 Å². The van der Waals surface area contributed by atoms with E-state index < -0.39 is 15.1 Å². The summed E-state index contributed by atoms with van der Waals surface area (Å²) in [6, 6.07) is 1.03. The Labute approximate surface area is 90.4 Å². The molecule has 1 rings (SSSR count). The van der Waals surface area contributed by atoms with E-state index >= 15 is 0 Å². The molecule has 0 bridgehead atoms. The van der Waals surface area contributed by atoms with Crippen molar-refractivity contribution in [3.63, 3.8) is 0 Å². The van der Waals surface area contributed by atoms with E-state index in [4.69, 9.17) is 16.4 Å². The number of nitrogens with two attached hydrogens (primary N) is 1. The molecule has 0 aliphatic rings. The monoisotopic (exact) mass is 250 g/mol. The van der Waals surface area contributed by atoms with Crippen LogP contribution in [0.3, 0.4) is 0 Å². The number of primary amides is 1. The predicted molar refractivity (Wildman–Crippen MR) is 52.2 cm³/mol. The van der Waals surface area contributed by atoms with Gasteiger partial charge in [0.05, 0.1) is 4.90 Å². The highest BCUT2D eigenvalue weighted by molar-refractivity contribution is 8.13. The minimum atomic E-state index is -3.89. The van der Waals surface area contributed by atoms with Gasteiger partial charge in [-0.25, -0.2) is 18.2 Å². The van der Waals surface area contributed by atoms with Gasteiger partial charge >= 0.3 is 6.09 Å². The van der Waals surface area contributed by atoms with Crippen molar-refractivity contribution < 1.29 is 17.9 Å². The fourth-order valence-corrected chi connectivity index (χ4v) is 2.09. The van der Waals surface area contributed by atoms with Crippen LogP contribution >= 0.6 is 10.7 Å². The zero-order valence-corrected chi connectivity index (χ0v) is 9.17. The van der Waals surface area contributed by atoms with Gasteiger partial charge in [0.1, 0.15) is 0 Å². The van der Waals surface area contributed by atoms with Gasteiger partial charge in [-0.05, 0) is 12.5 Å². The molecule has 2 N–H and O–H groups in total. The molecule has 1 heterocycles. The standard InChI is InChI=1S/C7H7ClN2O4S/c1-4-3-10-6(14-7(9)11)2-5(4)15(8,12)13/h2-3H,1H3,(H2,9,11). The number of rotatable bonds is 2. The number of halogens is 1. The molecule has 0 aliphatic carbocycles. The van der Waals surface area contributed by atoms with E-state index in [9.17, 15) is 13.2 Å². The Kier molecular flexibility index (Phi) is 3.15. The van der Waals surface area contributed by atoms with E-state index in [0.29, 0.717) is 5.56 Å². The number of aromatic nitrogens is 1. The zero-order chi connectivity index (χ0) is 11.6. The molecule has 1 aromatic rings. The Morgan fingerprint density at radius 2 is 2.20 bits per heavy atom. The average Bonchev–Trinajstić information content (AvgIpc) is 2.05. The van der Waals surface area contributed by atoms with Gasteiger partial charge in [0.15, 0.2) is 0 Å². The quantitative estimate of drug-likeness (QED) is 0.782. The van der Waals surface area contributed by atoms with Crippen molar-refractivity contribution in [3.05, 3.63) is 17.8 Å². The van der Waals surface area contributed by atoms with Crippen molar-refractivity contribution in [2.75, 3.05) is 0 Å². The first-order chi connectivity index (χ1) is 6.80. The van der Waals surface area contributed by atoms with Crippen molar-refractivity contribution >= 4 is 25.8 Å². The lowest BCUT2D eigenvalue weighted by atomic mass is 10.3. The van der Waals surface area contributed by atoms with Gasteiger partial charge < -0.3 is 10.5 Å². The minimum absolute atomic E-state index is 0.171. The van der Waals surface area contributed by atoms with Crippen LogP contribution in [0.4, 0.5) is 4.79 Å². The highest BCUT2D eigenvalue weighted by atomic mass is 35.7. The largest absolute Gasteiger partial charge is 0.411 e. The van der Waals surface area contributed by atoms with Crippen LogP contribution in [0.1, 0.15) is 5.56 Å². The van der Waals surface area contributed by atoms with Crippen LogP contribution in [0.15, 0.2) is 17.2 Å². The summed E-state index contributed by atoms with van der Waals surface area (Å²) in [4.78, 5) is 13.9. The van der Waals surface area contributed by atoms with Crippen LogP contribution in [-0.4, -0.2) is 19.5 Å². The molecule has 0 aliphatic heterocycles. The highest BCUT2D eigenvalue weighted by Crippen LogP contribution is 2.22. The fraction of sp³-hybridized carbons (Fsp3) is 0.143. The number of nitrogens with zero attached hydrogens (tertiary/aromatic N) is 1. The molecule has 6 nitrogen and oxygen atoms in total. The number of carbonyl (C=O) groups excluding carboxylic acids is 1. The molecule has 1 amide bonds. The summed E-state index contributed by atoms with van der Waals surface area (Å²) < 4.78 is 26.5. The second kappa shape index (κ2) is 4.03. The fourth-order valence-electron chi connectivity index (χ4n) is 0.909. The summed E-state index contributed by atoms with van der Waals surface area (Å²) in [5.74, 6) is -0.215. The van der Waals surface area contributed by atoms with Crippen molar-refractivity contribution in [2.45, 2.75) is 11.8 Å². The molecule has 0 spiro atoms. The summed E-state index contributed by atoms with van der Waals surface area (Å²) in [7, 11) is 1.25. The number of hydrogen-bond donors (Lipinski definition) is 1. The summed E-state index contributed by atoms with van der Waals surface area (Å²) in [6.45, 7) is 1.51. The van der Waals surface area contributed by atoms with Gasteiger partial charge in [0, 0.05) is 22.9 Å². The van der Waals surface area contributed by atoms with Crippen molar-refractivity contribution in [1.82, 2.24) is 4.98 Å². The van der Waals surface area contributed by atoms with Crippen molar-refractivity contribution in [1.29, 1.82) is 0 Å². The van der Waals surface area contributed by atoms with E-state index in [-0.39, 0.29) is 10.8 Å². The highest BCUT2D eigenvalue weighted by Gasteiger charge is 2.15. The number of hydrogen-bond acceptors (Lipinski definition) is 5. The molecular formula is C7H7ClN2O4S. The lowest BCUT2D eigenvalue weighted by molar-refractivity contribution is 0.209. The SMILES string of the molecule is Cc1cnc(OC(N)=O)cc1S(=O)(=O)Cl. The van der Waals surface area contributed by atoms with E-state index in [1.807, 2.05) is 0 Å². The molecule has 0 saturated heterocycles. The minimum Gasteiger partial charge on any atom is -0.391 e. The first kappa shape index (κ1) is 11.7. The summed E-state index contributed by atoms with van der Waals surface area (Å²) in [5, 5.41) is 0. The predicted octanol–water partition coefficient (Wildman–Crippen LogP) is 0.775. The molecular weight excluding hydrogens is 244 g/mol. The third-order valence-corrected chi connectivity index (χ3v) is 2.96. The summed E-state index contributed by atoms with van der Waals surface area (Å²) >= 11 is 0. The third kappa shape index (κ3) is 3.07. The molecule has 0 fully saturated rings. The lowest BCUT2D eigenvalue weighted by Gasteiger charge is -2.04. The third-order valence-electron chi connectivity index (χ3n) is 1.50. The Hall–Kier alpha value is -1.34. The lowest BCUT2D eigenvalue weighted by Crippen LogP contribution is -2.17. The second-order valence-corrected chi connectivity index (χ2v) is 5.18. The van der Waals surface area contributed by atoms with Crippen LogP contribution in [0, 0.1) is 6.92 Å². The van der Waals surface area contributed by atoms with Crippen LogP contribution in [0.2, 0.25) is 0 Å². The molecule has 15 heavy (non-hydrogen) atoms. The molecule has 0 atom stereocenters. The maximum absolute atomic E-state index is 11.1. The first-order valence-corrected chi connectivity index (χ1v) is 6.00. The number of aryl methyl sites for hydroxylation is 1. The normalized spacial score (nSPS) is 11.1. The van der Waals surface area contributed by atoms with Crippen LogP contribution < -0.4 is 10.5 Å². The van der Waals surface area contributed by atoms with Crippen LogP contribution in [0.25, 0.3) is 0 Å². The van der Waals surface area contributed by atoms with E-state index in [1.54, 1.807) is 0 Å². The van der Waals surface area contributed by atoms with Gasteiger partial charge in [-0.1, -0.05) is 0 Å². The van der Waals surface area contributed by atoms with Gasteiger partial charge in [0.2, 0.25) is 5.88 Å². The number of pyridine rings is 1. The van der Waals surface area contributed by atoms with Crippen LogP contribution in [0.5, 0.6) is 5.88 Å². The Bertz CT molecular complexity index is 500. The van der Waals surface area contributed by atoms with Crippen LogP contribution in [-0.2, 0) is 9.05 Å². The van der Waals surface area contributed by atoms with E-state index in [2.05, 4.69) is 9.72 Å². The number of carbonyl (C=O) groups is 1. The van der Waals surface area contributed by atoms with Gasteiger partial charge in [0.25, 0.3) is 9.05 Å². The smallest absolute Gasteiger partial charge is 0.391 e. The molecule has 0 saturated carbocycles. The average molecular weight is 251 g/mol. The second-order valence-electron chi connectivity index (χ2n) is 2.65. The number of ether oxygens (including phenoxy) is 1. The maximum atomic E-state index is 11.1. The molecule has 1 aromatic heterocycles. The van der Waals surface area contributed by atoms with Crippen molar-refractivity contribution in [2.24, 2.45) is 5.73 Å². The Balaban J connectivity index is 3.23. The summed E-state index contributed by atoms with van der Waals surface area (Å²) in [5.41, 5.74) is 5.09. The first-order valence-electron chi connectivity index (χ1n) is 3.69. The molecule has 0 aromatic carbocycles. The Morgan fingerprint density at radius 3 is 2.67 bits per heavy atom. The van der Waals surface area contributed by atoms with E-state index in [0.717, 1.165) is 6.07 Å². The molecule has 0 radical (unpaired) electrons. The number of amides is 1. The van der Waals surface area contributed by atoms with Crippen molar-refractivity contribution in [3.8, 4) is 5.88 Å². The molecule has 8 heteroatoms. The topological polar surface area (TPSA) is 99.3 Å².